The van der Waals surface area contributed by atoms with Gasteiger partial charge < -0.3 is 9.84 Å². The maximum Gasteiger partial charge on any atom is 0.335 e. The number of rotatable bonds is 9. The molecule has 0 aromatic heterocycles. The van der Waals surface area contributed by atoms with Crippen LogP contribution in [-0.4, -0.2) is 29.0 Å². The molecule has 132 valence electrons. The summed E-state index contributed by atoms with van der Waals surface area (Å²) in [6.07, 6.45) is 4.87. The first-order valence-electron chi connectivity index (χ1n) is 8.27. The molecule has 0 radical (unpaired) electrons. The van der Waals surface area contributed by atoms with Gasteiger partial charge in [-0.25, -0.2) is 9.63 Å². The van der Waals surface area contributed by atoms with E-state index < -0.39 is 12.1 Å². The largest absolute Gasteiger partial charge is 0.494 e. The van der Waals surface area contributed by atoms with Gasteiger partial charge in [0.1, 0.15) is 5.75 Å². The standard InChI is InChI=1S/C17H25N3O4/c1-4-7-13-8-9-14(23-6-3)12-15(13)19-10-11-20(18-19)24-16(5-2)17(21)22/h8-12,16,18H,4-7H2,1-3H3,(H,21,22). The summed E-state index contributed by atoms with van der Waals surface area (Å²) in [5, 5.41) is 12.2. The summed E-state index contributed by atoms with van der Waals surface area (Å²) in [5.74, 6) is -0.199. The predicted octanol–water partition coefficient (Wildman–Crippen LogP) is 2.85. The van der Waals surface area contributed by atoms with E-state index in [1.165, 1.54) is 10.7 Å². The quantitative estimate of drug-likeness (QED) is 0.719. The topological polar surface area (TPSA) is 74.3 Å². The molecular formula is C17H25N3O4. The van der Waals surface area contributed by atoms with Crippen LogP contribution in [0.15, 0.2) is 30.6 Å². The van der Waals surface area contributed by atoms with E-state index >= 15 is 0 Å². The van der Waals surface area contributed by atoms with E-state index in [9.17, 15) is 4.79 Å². The van der Waals surface area contributed by atoms with E-state index in [-0.39, 0.29) is 0 Å². The number of aliphatic carboxylic acids is 1. The van der Waals surface area contributed by atoms with Crippen molar-refractivity contribution in [2.45, 2.75) is 46.1 Å². The number of hydroxylamine groups is 1. The molecule has 0 amide bonds. The minimum atomic E-state index is -0.990. The second-order valence-electron chi connectivity index (χ2n) is 5.41. The number of benzene rings is 1. The summed E-state index contributed by atoms with van der Waals surface area (Å²) >= 11 is 0. The minimum Gasteiger partial charge on any atom is -0.494 e. The Kier molecular flexibility index (Phi) is 6.45. The molecule has 2 N–H and O–H groups in total. The van der Waals surface area contributed by atoms with Gasteiger partial charge in [0.25, 0.3) is 0 Å². The van der Waals surface area contributed by atoms with Crippen molar-refractivity contribution in [3.8, 4) is 5.75 Å². The third kappa shape index (κ3) is 4.39. The first kappa shape index (κ1) is 18.1. The Morgan fingerprint density at radius 1 is 1.29 bits per heavy atom. The van der Waals surface area contributed by atoms with E-state index in [1.807, 2.05) is 19.1 Å². The Morgan fingerprint density at radius 3 is 2.71 bits per heavy atom. The van der Waals surface area contributed by atoms with Crippen molar-refractivity contribution in [2.75, 3.05) is 11.6 Å². The summed E-state index contributed by atoms with van der Waals surface area (Å²) in [5.41, 5.74) is 5.13. The fraction of sp³-hybridized carbons (Fsp3) is 0.471. The number of nitrogens with one attached hydrogen (secondary N) is 1. The highest BCUT2D eigenvalue weighted by Crippen LogP contribution is 2.28. The first-order chi connectivity index (χ1) is 11.6. The summed E-state index contributed by atoms with van der Waals surface area (Å²) in [6.45, 7) is 6.44. The zero-order valence-corrected chi connectivity index (χ0v) is 14.4. The van der Waals surface area contributed by atoms with Crippen molar-refractivity contribution in [1.29, 1.82) is 0 Å². The van der Waals surface area contributed by atoms with E-state index in [0.29, 0.717) is 13.0 Å². The molecule has 1 atom stereocenters. The van der Waals surface area contributed by atoms with Crippen LogP contribution >= 0.6 is 0 Å². The van der Waals surface area contributed by atoms with Gasteiger partial charge in [-0.2, -0.15) is 5.17 Å². The van der Waals surface area contributed by atoms with E-state index in [4.69, 9.17) is 14.7 Å². The molecule has 1 aromatic rings. The summed E-state index contributed by atoms with van der Waals surface area (Å²) in [6, 6.07) is 5.97. The molecule has 0 spiro atoms. The molecule has 0 saturated carbocycles. The molecule has 2 rings (SSSR count). The number of carboxylic acids is 1. The van der Waals surface area contributed by atoms with Crippen molar-refractivity contribution in [2.24, 2.45) is 0 Å². The number of hydrogen-bond acceptors (Lipinski definition) is 6. The Bertz CT molecular complexity index is 591. The molecular weight excluding hydrogens is 310 g/mol. The molecule has 1 aromatic carbocycles. The number of ether oxygens (including phenoxy) is 1. The molecule has 0 fully saturated rings. The molecule has 0 aliphatic carbocycles. The number of carbonyl (C=O) groups is 1. The number of hydrazine groups is 2. The zero-order chi connectivity index (χ0) is 17.5. The summed E-state index contributed by atoms with van der Waals surface area (Å²) < 4.78 is 5.58. The molecule has 24 heavy (non-hydrogen) atoms. The predicted molar refractivity (Wildman–Crippen MR) is 91.0 cm³/mol. The zero-order valence-electron chi connectivity index (χ0n) is 14.4. The Morgan fingerprint density at radius 2 is 2.08 bits per heavy atom. The van der Waals surface area contributed by atoms with E-state index in [2.05, 4.69) is 18.5 Å². The number of hydrogen-bond donors (Lipinski definition) is 2. The van der Waals surface area contributed by atoms with Gasteiger partial charge in [0.2, 0.25) is 0 Å². The van der Waals surface area contributed by atoms with Crippen LogP contribution < -0.4 is 15.3 Å². The van der Waals surface area contributed by atoms with Crippen LogP contribution in [0.5, 0.6) is 5.75 Å². The molecule has 7 heteroatoms. The fourth-order valence-electron chi connectivity index (χ4n) is 2.43. The third-order valence-electron chi connectivity index (χ3n) is 3.59. The van der Waals surface area contributed by atoms with Gasteiger partial charge in [0.05, 0.1) is 18.5 Å². The number of anilines is 1. The van der Waals surface area contributed by atoms with Crippen molar-refractivity contribution in [3.63, 3.8) is 0 Å². The third-order valence-corrected chi connectivity index (χ3v) is 3.59. The van der Waals surface area contributed by atoms with Gasteiger partial charge in [0.15, 0.2) is 6.10 Å². The second-order valence-corrected chi connectivity index (χ2v) is 5.41. The number of carboxylic acid groups (broad SMARTS) is 1. The lowest BCUT2D eigenvalue weighted by atomic mass is 10.1. The van der Waals surface area contributed by atoms with Gasteiger partial charge in [-0.3, -0.25) is 5.01 Å². The van der Waals surface area contributed by atoms with Gasteiger partial charge in [-0.1, -0.05) is 26.3 Å². The van der Waals surface area contributed by atoms with Crippen LogP contribution in [0.3, 0.4) is 0 Å². The lowest BCUT2D eigenvalue weighted by Gasteiger charge is -2.25. The maximum atomic E-state index is 11.1. The van der Waals surface area contributed by atoms with Gasteiger partial charge in [-0.15, -0.1) is 5.53 Å². The molecule has 1 aliphatic heterocycles. The van der Waals surface area contributed by atoms with Gasteiger partial charge in [0, 0.05) is 12.3 Å². The first-order valence-corrected chi connectivity index (χ1v) is 8.27. The molecule has 1 heterocycles. The highest BCUT2D eigenvalue weighted by atomic mass is 16.7. The molecule has 0 saturated heterocycles. The average Bonchev–Trinajstić information content (AvgIpc) is 3.02. The highest BCUT2D eigenvalue weighted by Gasteiger charge is 2.23. The second kappa shape index (κ2) is 8.56. The fourth-order valence-corrected chi connectivity index (χ4v) is 2.43. The van der Waals surface area contributed by atoms with Crippen molar-refractivity contribution in [3.05, 3.63) is 36.2 Å². The molecule has 1 unspecified atom stereocenters. The SMILES string of the molecule is CCCc1ccc(OCC)cc1N1C=CN(OC(CC)C(=O)O)N1. The maximum absolute atomic E-state index is 11.1. The van der Waals surface area contributed by atoms with Crippen LogP contribution in [0.25, 0.3) is 0 Å². The monoisotopic (exact) mass is 335 g/mol. The molecule has 0 bridgehead atoms. The van der Waals surface area contributed by atoms with E-state index in [0.717, 1.165) is 24.3 Å². The van der Waals surface area contributed by atoms with Gasteiger partial charge in [-0.05, 0) is 31.4 Å². The lowest BCUT2D eigenvalue weighted by Crippen LogP contribution is -2.43. The van der Waals surface area contributed by atoms with Crippen LogP contribution in [-0.2, 0) is 16.1 Å². The smallest absolute Gasteiger partial charge is 0.335 e. The molecule has 7 nitrogen and oxygen atoms in total. The van der Waals surface area contributed by atoms with Crippen LogP contribution in [0.1, 0.15) is 39.2 Å². The minimum absolute atomic E-state index is 0.377. The Labute approximate surface area is 142 Å². The molecule has 1 aliphatic rings. The lowest BCUT2D eigenvalue weighted by molar-refractivity contribution is -0.206. The van der Waals surface area contributed by atoms with Crippen molar-refractivity contribution in [1.82, 2.24) is 10.7 Å². The average molecular weight is 335 g/mol. The Balaban J connectivity index is 2.13. The Hall–Kier alpha value is -2.25. The van der Waals surface area contributed by atoms with Crippen molar-refractivity contribution >= 4 is 11.7 Å². The summed E-state index contributed by atoms with van der Waals surface area (Å²) in [7, 11) is 0. The normalized spacial score (nSPS) is 15.0. The van der Waals surface area contributed by atoms with Crippen LogP contribution in [0, 0.1) is 0 Å². The summed E-state index contributed by atoms with van der Waals surface area (Å²) in [4.78, 5) is 16.5. The van der Waals surface area contributed by atoms with Gasteiger partial charge >= 0.3 is 5.97 Å². The number of aryl methyl sites for hydroxylation is 1. The highest BCUT2D eigenvalue weighted by molar-refractivity contribution is 5.72. The van der Waals surface area contributed by atoms with E-state index in [1.54, 1.807) is 24.3 Å². The van der Waals surface area contributed by atoms with Crippen LogP contribution in [0.4, 0.5) is 5.69 Å². The van der Waals surface area contributed by atoms with Crippen molar-refractivity contribution < 1.29 is 19.5 Å². The number of nitrogens with zero attached hydrogens (tertiary/aromatic N) is 2. The van der Waals surface area contributed by atoms with Crippen LogP contribution in [0.2, 0.25) is 0 Å².